The molecule has 3 aromatic carbocycles. The van der Waals surface area contributed by atoms with Gasteiger partial charge in [0.1, 0.15) is 18.7 Å². The largest absolute Gasteiger partial charge is 0.459 e. The first-order valence-electron chi connectivity index (χ1n) is 11.7. The molecule has 0 unspecified atom stereocenters. The topological polar surface area (TPSA) is 155 Å². The van der Waals surface area contributed by atoms with E-state index in [1.54, 1.807) is 0 Å². The highest BCUT2D eigenvalue weighted by atomic mass is 16.6. The van der Waals surface area contributed by atoms with Crippen LogP contribution in [0.3, 0.4) is 0 Å². The Morgan fingerprint density at radius 1 is 0.784 bits per heavy atom. The van der Waals surface area contributed by atoms with Crippen molar-refractivity contribution in [2.24, 2.45) is 0 Å². The predicted molar refractivity (Wildman–Crippen MR) is 135 cm³/mol. The van der Waals surface area contributed by atoms with Crippen LogP contribution in [-0.2, 0) is 38.6 Å². The summed E-state index contributed by atoms with van der Waals surface area (Å²) < 4.78 is 5.44. The number of carbonyl (C=O) groups excluding carboxylic acids is 3. The van der Waals surface area contributed by atoms with E-state index in [-0.39, 0.29) is 31.7 Å². The number of hydrogen-bond acceptors (Lipinski definition) is 6. The number of non-ortho nitro benzene ring substituents is 1. The molecule has 0 aliphatic rings. The molecular formula is C27H29N4O6+. The molecule has 37 heavy (non-hydrogen) atoms. The van der Waals surface area contributed by atoms with Crippen LogP contribution < -0.4 is 16.4 Å². The zero-order valence-corrected chi connectivity index (χ0v) is 20.2. The number of ether oxygens (including phenoxy) is 1. The van der Waals surface area contributed by atoms with E-state index in [1.165, 1.54) is 24.3 Å². The van der Waals surface area contributed by atoms with Crippen molar-refractivity contribution in [1.29, 1.82) is 0 Å². The van der Waals surface area contributed by atoms with E-state index in [2.05, 4.69) is 16.4 Å². The van der Waals surface area contributed by atoms with Gasteiger partial charge in [-0.05, 0) is 28.8 Å². The van der Waals surface area contributed by atoms with Crippen molar-refractivity contribution >= 4 is 23.5 Å². The van der Waals surface area contributed by atoms with Crippen molar-refractivity contribution < 1.29 is 29.8 Å². The highest BCUT2D eigenvalue weighted by Gasteiger charge is 2.28. The van der Waals surface area contributed by atoms with Crippen molar-refractivity contribution in [3.05, 3.63) is 112 Å². The first kappa shape index (κ1) is 27.0. The van der Waals surface area contributed by atoms with Crippen LogP contribution in [0.15, 0.2) is 84.9 Å². The summed E-state index contributed by atoms with van der Waals surface area (Å²) in [5, 5.41) is 16.3. The van der Waals surface area contributed by atoms with Crippen molar-refractivity contribution in [1.82, 2.24) is 10.6 Å². The maximum atomic E-state index is 13.3. The van der Waals surface area contributed by atoms with Crippen molar-refractivity contribution in [3.63, 3.8) is 0 Å². The van der Waals surface area contributed by atoms with Gasteiger partial charge in [0.05, 0.1) is 4.92 Å². The molecule has 192 valence electrons. The van der Waals surface area contributed by atoms with Crippen LogP contribution in [0.25, 0.3) is 0 Å². The fourth-order valence-corrected chi connectivity index (χ4v) is 3.61. The third-order valence-corrected chi connectivity index (χ3v) is 5.57. The maximum Gasteiger partial charge on any atom is 0.329 e. The summed E-state index contributed by atoms with van der Waals surface area (Å²) in [6.45, 7) is -0.160. The molecule has 0 aliphatic carbocycles. The number of quaternary nitrogens is 1. The molecular weight excluding hydrogens is 476 g/mol. The number of esters is 1. The summed E-state index contributed by atoms with van der Waals surface area (Å²) in [7, 11) is 0. The quantitative estimate of drug-likeness (QED) is 0.192. The lowest BCUT2D eigenvalue weighted by molar-refractivity contribution is -0.384. The van der Waals surface area contributed by atoms with Gasteiger partial charge in [-0.25, -0.2) is 4.79 Å². The number of nitrogens with one attached hydrogen (secondary N) is 2. The minimum atomic E-state index is -1.03. The Morgan fingerprint density at radius 3 is 1.84 bits per heavy atom. The third-order valence-electron chi connectivity index (χ3n) is 5.57. The smallest absolute Gasteiger partial charge is 0.329 e. The van der Waals surface area contributed by atoms with E-state index in [4.69, 9.17) is 4.74 Å². The molecule has 0 aromatic heterocycles. The van der Waals surface area contributed by atoms with Gasteiger partial charge >= 0.3 is 5.97 Å². The Morgan fingerprint density at radius 2 is 1.32 bits per heavy atom. The highest BCUT2D eigenvalue weighted by Crippen LogP contribution is 2.14. The zero-order valence-electron chi connectivity index (χ0n) is 20.2. The molecule has 10 heteroatoms. The summed E-state index contributed by atoms with van der Waals surface area (Å²) in [5.74, 6) is -1.59. The number of benzene rings is 3. The standard InChI is InChI=1S/C27H28N4O6/c28-17-25(32)29-23(15-19-7-3-1-4-8-19)26(33)30-24(16-20-9-5-2-6-10-20)27(34)37-18-21-11-13-22(14-12-21)31(35)36/h1-14,23-24H,15-18,28H2,(H,29,32)(H,30,33)/p+1/t23-,24-/m0/s1. The zero-order chi connectivity index (χ0) is 26.6. The normalized spacial score (nSPS) is 12.1. The van der Waals surface area contributed by atoms with Crippen molar-refractivity contribution in [3.8, 4) is 0 Å². The van der Waals surface area contributed by atoms with E-state index >= 15 is 0 Å². The molecule has 3 aromatic rings. The Labute approximate surface area is 214 Å². The first-order chi connectivity index (χ1) is 17.9. The molecule has 0 heterocycles. The lowest BCUT2D eigenvalue weighted by Gasteiger charge is -2.23. The molecule has 0 saturated carbocycles. The van der Waals surface area contributed by atoms with E-state index in [9.17, 15) is 24.5 Å². The van der Waals surface area contributed by atoms with E-state index in [0.29, 0.717) is 5.56 Å². The third kappa shape index (κ3) is 8.55. The average Bonchev–Trinajstić information content (AvgIpc) is 2.92. The lowest BCUT2D eigenvalue weighted by atomic mass is 10.0. The fraction of sp³-hybridized carbons (Fsp3) is 0.222. The lowest BCUT2D eigenvalue weighted by Crippen LogP contribution is -2.61. The van der Waals surface area contributed by atoms with E-state index in [0.717, 1.165) is 11.1 Å². The summed E-state index contributed by atoms with van der Waals surface area (Å²) >= 11 is 0. The van der Waals surface area contributed by atoms with Crippen molar-refractivity contribution in [2.45, 2.75) is 31.5 Å². The maximum absolute atomic E-state index is 13.3. The Kier molecular flexibility index (Phi) is 9.86. The van der Waals surface area contributed by atoms with Crippen molar-refractivity contribution in [2.75, 3.05) is 6.54 Å². The van der Waals surface area contributed by atoms with Crippen LogP contribution in [0.4, 0.5) is 5.69 Å². The second-order valence-corrected chi connectivity index (χ2v) is 8.34. The van der Waals surface area contributed by atoms with Crippen LogP contribution in [0, 0.1) is 10.1 Å². The van der Waals surface area contributed by atoms with Crippen LogP contribution in [-0.4, -0.2) is 41.3 Å². The van der Waals surface area contributed by atoms with Gasteiger partial charge in [0.25, 0.3) is 11.6 Å². The molecule has 2 amide bonds. The minimum absolute atomic E-state index is 0.0384. The molecule has 3 rings (SSSR count). The first-order valence-corrected chi connectivity index (χ1v) is 11.7. The Hall–Kier alpha value is -4.57. The molecule has 0 fully saturated rings. The molecule has 0 radical (unpaired) electrons. The van der Waals surface area contributed by atoms with Gasteiger partial charge in [0.2, 0.25) is 5.91 Å². The average molecular weight is 506 g/mol. The second-order valence-electron chi connectivity index (χ2n) is 8.34. The summed E-state index contributed by atoms with van der Waals surface area (Å²) in [6.07, 6.45) is 0.404. The Balaban J connectivity index is 1.74. The fourth-order valence-electron chi connectivity index (χ4n) is 3.61. The van der Waals surface area contributed by atoms with Crippen LogP contribution in [0.2, 0.25) is 0 Å². The molecule has 0 bridgehead atoms. The van der Waals surface area contributed by atoms with E-state index in [1.807, 2.05) is 60.7 Å². The number of amides is 2. The summed E-state index contributed by atoms with van der Waals surface area (Å²) in [6, 6.07) is 22.1. The molecule has 2 atom stereocenters. The van der Waals surface area contributed by atoms with Gasteiger partial charge in [0.15, 0.2) is 6.54 Å². The van der Waals surface area contributed by atoms with Gasteiger partial charge in [-0.1, -0.05) is 60.7 Å². The van der Waals surface area contributed by atoms with Gasteiger partial charge < -0.3 is 21.1 Å². The van der Waals surface area contributed by atoms with E-state index < -0.39 is 34.8 Å². The number of rotatable bonds is 12. The molecule has 10 nitrogen and oxygen atoms in total. The van der Waals surface area contributed by atoms with Crippen LogP contribution in [0.5, 0.6) is 0 Å². The molecule has 0 saturated heterocycles. The van der Waals surface area contributed by atoms with Gasteiger partial charge in [-0.15, -0.1) is 0 Å². The summed E-state index contributed by atoms with van der Waals surface area (Å²) in [5.41, 5.74) is 5.70. The van der Waals surface area contributed by atoms with Gasteiger partial charge in [0, 0.05) is 25.0 Å². The highest BCUT2D eigenvalue weighted by molar-refractivity contribution is 5.91. The minimum Gasteiger partial charge on any atom is -0.459 e. The molecule has 5 N–H and O–H groups in total. The molecule has 0 aliphatic heterocycles. The Bertz CT molecular complexity index is 1200. The SMILES string of the molecule is [NH3+]CC(=O)N[C@@H](Cc1ccccc1)C(=O)N[C@@H](Cc1ccccc1)C(=O)OCc1ccc([N+](=O)[O-])cc1. The molecule has 0 spiro atoms. The second kappa shape index (κ2) is 13.5. The van der Waals surface area contributed by atoms with Gasteiger partial charge in [-0.3, -0.25) is 19.7 Å². The van der Waals surface area contributed by atoms with Gasteiger partial charge in [-0.2, -0.15) is 0 Å². The monoisotopic (exact) mass is 505 g/mol. The number of nitro benzene ring substituents is 1. The number of nitrogens with zero attached hydrogens (tertiary/aromatic N) is 1. The van der Waals surface area contributed by atoms with Crippen LogP contribution >= 0.6 is 0 Å². The predicted octanol–water partition coefficient (Wildman–Crippen LogP) is 1.33. The number of nitro groups is 1. The summed E-state index contributed by atoms with van der Waals surface area (Å²) in [4.78, 5) is 48.7. The number of hydrogen-bond donors (Lipinski definition) is 3. The van der Waals surface area contributed by atoms with Crippen LogP contribution in [0.1, 0.15) is 16.7 Å². The number of carbonyl (C=O) groups is 3.